The second-order valence-corrected chi connectivity index (χ2v) is 4.76. The summed E-state index contributed by atoms with van der Waals surface area (Å²) < 4.78 is 5.64. The fourth-order valence-corrected chi connectivity index (χ4v) is 1.96. The molecule has 1 amide bonds. The normalized spacial score (nSPS) is 17.1. The molecule has 0 spiro atoms. The highest BCUT2D eigenvalue weighted by Crippen LogP contribution is 2.38. The van der Waals surface area contributed by atoms with Gasteiger partial charge >= 0.3 is 0 Å². The molecule has 0 N–H and O–H groups in total. The fourth-order valence-electron chi connectivity index (χ4n) is 1.79. The van der Waals surface area contributed by atoms with Crippen LogP contribution in [0.2, 0.25) is 5.02 Å². The standard InChI is InChI=1S/C13H12ClNO2/c1-4-7-15-10-8-9(14)5-6-11(10)17-13(2,3)12(15)16/h1,5-6,8H,7H2,2-3H3. The van der Waals surface area contributed by atoms with Gasteiger partial charge in [0, 0.05) is 5.02 Å². The Hall–Kier alpha value is -1.66. The molecular formula is C13H12ClNO2. The van der Waals surface area contributed by atoms with E-state index in [4.69, 9.17) is 22.8 Å². The van der Waals surface area contributed by atoms with Crippen molar-refractivity contribution in [2.45, 2.75) is 19.4 Å². The lowest BCUT2D eigenvalue weighted by atomic mass is 10.0. The Morgan fingerprint density at radius 3 is 2.88 bits per heavy atom. The summed E-state index contributed by atoms with van der Waals surface area (Å²) in [5, 5.41) is 0.543. The van der Waals surface area contributed by atoms with Crippen molar-refractivity contribution in [1.82, 2.24) is 0 Å². The molecule has 0 aliphatic carbocycles. The maximum absolute atomic E-state index is 12.2. The van der Waals surface area contributed by atoms with Gasteiger partial charge in [0.2, 0.25) is 0 Å². The van der Waals surface area contributed by atoms with Crippen LogP contribution in [0.25, 0.3) is 0 Å². The van der Waals surface area contributed by atoms with Crippen molar-refractivity contribution >= 4 is 23.2 Å². The first kappa shape index (κ1) is 11.8. The molecule has 3 nitrogen and oxygen atoms in total. The zero-order valence-electron chi connectivity index (χ0n) is 9.66. The van der Waals surface area contributed by atoms with E-state index in [1.165, 1.54) is 4.90 Å². The van der Waals surface area contributed by atoms with Gasteiger partial charge in [-0.3, -0.25) is 9.69 Å². The lowest BCUT2D eigenvalue weighted by Gasteiger charge is -2.38. The van der Waals surface area contributed by atoms with Gasteiger partial charge in [-0.05, 0) is 32.0 Å². The van der Waals surface area contributed by atoms with Crippen LogP contribution in [0.5, 0.6) is 5.75 Å². The summed E-state index contributed by atoms with van der Waals surface area (Å²) >= 11 is 5.92. The molecule has 1 aromatic carbocycles. The van der Waals surface area contributed by atoms with Gasteiger partial charge in [0.1, 0.15) is 5.75 Å². The summed E-state index contributed by atoms with van der Waals surface area (Å²) in [4.78, 5) is 13.7. The molecule has 0 bridgehead atoms. The number of hydrogen-bond donors (Lipinski definition) is 0. The SMILES string of the molecule is C#CCN1C(=O)C(C)(C)Oc2ccc(Cl)cc21. The Labute approximate surface area is 105 Å². The van der Waals surface area contributed by atoms with Gasteiger partial charge in [0.05, 0.1) is 12.2 Å². The van der Waals surface area contributed by atoms with Crippen molar-refractivity contribution in [1.29, 1.82) is 0 Å². The Kier molecular flexibility index (Phi) is 2.76. The minimum absolute atomic E-state index is 0.162. The summed E-state index contributed by atoms with van der Waals surface area (Å²) in [6.45, 7) is 3.64. The van der Waals surface area contributed by atoms with Crippen LogP contribution in [-0.2, 0) is 4.79 Å². The molecule has 1 aliphatic heterocycles. The van der Waals surface area contributed by atoms with E-state index < -0.39 is 5.60 Å². The fraction of sp³-hybridized carbons (Fsp3) is 0.308. The number of carbonyl (C=O) groups is 1. The van der Waals surface area contributed by atoms with Gasteiger partial charge in [-0.15, -0.1) is 6.42 Å². The Morgan fingerprint density at radius 2 is 2.24 bits per heavy atom. The molecule has 17 heavy (non-hydrogen) atoms. The molecule has 0 radical (unpaired) electrons. The van der Waals surface area contributed by atoms with E-state index in [0.29, 0.717) is 16.5 Å². The van der Waals surface area contributed by atoms with E-state index in [2.05, 4.69) is 5.92 Å². The molecule has 1 aromatic rings. The third-order valence-electron chi connectivity index (χ3n) is 2.59. The highest BCUT2D eigenvalue weighted by molar-refractivity contribution is 6.31. The van der Waals surface area contributed by atoms with Crippen molar-refractivity contribution in [2.75, 3.05) is 11.4 Å². The highest BCUT2D eigenvalue weighted by atomic mass is 35.5. The maximum atomic E-state index is 12.2. The third-order valence-corrected chi connectivity index (χ3v) is 2.82. The summed E-state index contributed by atoms with van der Waals surface area (Å²) in [6, 6.07) is 5.15. The van der Waals surface area contributed by atoms with Crippen LogP contribution in [0, 0.1) is 12.3 Å². The number of amides is 1. The third kappa shape index (κ3) is 1.96. The molecule has 1 aliphatic rings. The van der Waals surface area contributed by atoms with Gasteiger partial charge in [0.15, 0.2) is 5.60 Å². The number of fused-ring (bicyclic) bond motifs is 1. The van der Waals surface area contributed by atoms with Gasteiger partial charge < -0.3 is 4.74 Å². The zero-order chi connectivity index (χ0) is 12.6. The first-order valence-electron chi connectivity index (χ1n) is 5.20. The first-order valence-corrected chi connectivity index (χ1v) is 5.57. The predicted molar refractivity (Wildman–Crippen MR) is 67.3 cm³/mol. The van der Waals surface area contributed by atoms with Crippen LogP contribution >= 0.6 is 11.6 Å². The molecule has 0 saturated heterocycles. The van der Waals surface area contributed by atoms with Crippen molar-refractivity contribution in [3.63, 3.8) is 0 Å². The summed E-state index contributed by atoms with van der Waals surface area (Å²) in [5.74, 6) is 2.93. The number of halogens is 1. The summed E-state index contributed by atoms with van der Waals surface area (Å²) in [6.07, 6.45) is 5.29. The van der Waals surface area contributed by atoms with Crippen LogP contribution in [0.15, 0.2) is 18.2 Å². The lowest BCUT2D eigenvalue weighted by Crippen LogP contribution is -2.52. The number of anilines is 1. The average Bonchev–Trinajstić information content (AvgIpc) is 2.26. The molecule has 88 valence electrons. The highest BCUT2D eigenvalue weighted by Gasteiger charge is 2.40. The Bertz CT molecular complexity index is 517. The Balaban J connectivity index is 2.55. The van der Waals surface area contributed by atoms with Crippen LogP contribution in [0.4, 0.5) is 5.69 Å². The van der Waals surface area contributed by atoms with Crippen LogP contribution in [0.3, 0.4) is 0 Å². The number of nitrogens with zero attached hydrogens (tertiary/aromatic N) is 1. The van der Waals surface area contributed by atoms with E-state index >= 15 is 0 Å². The molecule has 1 heterocycles. The molecule has 4 heteroatoms. The van der Waals surface area contributed by atoms with Gasteiger partial charge in [0.25, 0.3) is 5.91 Å². The number of rotatable bonds is 1. The van der Waals surface area contributed by atoms with Crippen LogP contribution < -0.4 is 9.64 Å². The molecule has 0 aromatic heterocycles. The van der Waals surface area contributed by atoms with Gasteiger partial charge in [-0.1, -0.05) is 17.5 Å². The molecule has 2 rings (SSSR count). The van der Waals surface area contributed by atoms with Crippen molar-refractivity contribution in [3.8, 4) is 18.1 Å². The van der Waals surface area contributed by atoms with Crippen LogP contribution in [-0.4, -0.2) is 18.1 Å². The molecular weight excluding hydrogens is 238 g/mol. The monoisotopic (exact) mass is 249 g/mol. The molecule has 0 saturated carbocycles. The van der Waals surface area contributed by atoms with Gasteiger partial charge in [-0.2, -0.15) is 0 Å². The predicted octanol–water partition coefficient (Wildman–Crippen LogP) is 2.48. The van der Waals surface area contributed by atoms with Crippen molar-refractivity contribution in [2.24, 2.45) is 0 Å². The largest absolute Gasteiger partial charge is 0.476 e. The van der Waals surface area contributed by atoms with Crippen LogP contribution in [0.1, 0.15) is 13.8 Å². The maximum Gasteiger partial charge on any atom is 0.271 e. The second kappa shape index (κ2) is 3.97. The average molecular weight is 250 g/mol. The first-order chi connectivity index (χ1) is 7.95. The molecule has 0 unspecified atom stereocenters. The zero-order valence-corrected chi connectivity index (χ0v) is 10.4. The summed E-state index contributed by atoms with van der Waals surface area (Å²) in [5.41, 5.74) is -0.280. The smallest absolute Gasteiger partial charge is 0.271 e. The number of terminal acetylenes is 1. The quantitative estimate of drug-likeness (QED) is 0.716. The minimum Gasteiger partial charge on any atom is -0.476 e. The molecule has 0 fully saturated rings. The Morgan fingerprint density at radius 1 is 1.53 bits per heavy atom. The minimum atomic E-state index is -0.905. The number of benzene rings is 1. The number of hydrogen-bond acceptors (Lipinski definition) is 2. The van der Waals surface area contributed by atoms with Crippen molar-refractivity contribution in [3.05, 3.63) is 23.2 Å². The van der Waals surface area contributed by atoms with E-state index in [1.54, 1.807) is 32.0 Å². The van der Waals surface area contributed by atoms with E-state index in [0.717, 1.165) is 0 Å². The summed E-state index contributed by atoms with van der Waals surface area (Å²) in [7, 11) is 0. The van der Waals surface area contributed by atoms with E-state index in [1.807, 2.05) is 0 Å². The molecule has 0 atom stereocenters. The topological polar surface area (TPSA) is 29.5 Å². The number of ether oxygens (including phenoxy) is 1. The number of carbonyl (C=O) groups excluding carboxylic acids is 1. The van der Waals surface area contributed by atoms with Crippen molar-refractivity contribution < 1.29 is 9.53 Å². The van der Waals surface area contributed by atoms with Gasteiger partial charge in [-0.25, -0.2) is 0 Å². The van der Waals surface area contributed by atoms with E-state index in [-0.39, 0.29) is 12.5 Å². The second-order valence-electron chi connectivity index (χ2n) is 4.32. The lowest BCUT2D eigenvalue weighted by molar-refractivity contribution is -0.132. The van der Waals surface area contributed by atoms with E-state index in [9.17, 15) is 4.79 Å².